The number of aryl methyl sites for hydroxylation is 2. The van der Waals surface area contributed by atoms with Crippen molar-refractivity contribution in [3.8, 4) is 5.69 Å². The van der Waals surface area contributed by atoms with Crippen LogP contribution in [0.15, 0.2) is 36.7 Å². The van der Waals surface area contributed by atoms with Gasteiger partial charge in [-0.05, 0) is 49.2 Å². The largest absolute Gasteiger partial charge is 0.395 e. The topological polar surface area (TPSA) is 43.8 Å². The van der Waals surface area contributed by atoms with E-state index in [1.54, 1.807) is 18.5 Å². The Labute approximate surface area is 110 Å². The Morgan fingerprint density at radius 2 is 1.89 bits per heavy atom. The zero-order chi connectivity index (χ0) is 13.6. The first-order valence-electron chi connectivity index (χ1n) is 6.06. The monoisotopic (exact) mass is 255 g/mol. The Kier molecular flexibility index (Phi) is 2.52. The maximum absolute atomic E-state index is 13.6. The number of para-hydroxylation sites is 1. The first kappa shape index (κ1) is 11.7. The van der Waals surface area contributed by atoms with E-state index in [1.807, 2.05) is 30.5 Å². The predicted molar refractivity (Wildman–Crippen MR) is 74.9 cm³/mol. The molecule has 0 fully saturated rings. The Bertz CT molecular complexity index is 774. The number of nitrogens with two attached hydrogens (primary N) is 1. The van der Waals surface area contributed by atoms with Gasteiger partial charge in [0.15, 0.2) is 0 Å². The molecule has 0 saturated carbocycles. The molecule has 0 aliphatic rings. The van der Waals surface area contributed by atoms with Crippen molar-refractivity contribution in [2.75, 3.05) is 5.73 Å². The maximum atomic E-state index is 13.6. The van der Waals surface area contributed by atoms with Crippen LogP contribution in [0.5, 0.6) is 0 Å². The fraction of sp³-hybridized carbons (Fsp3) is 0.133. The molecule has 2 aromatic carbocycles. The van der Waals surface area contributed by atoms with Gasteiger partial charge in [0.25, 0.3) is 0 Å². The minimum absolute atomic E-state index is 0.139. The fourth-order valence-corrected chi connectivity index (χ4v) is 2.19. The molecule has 0 unspecified atom stereocenters. The minimum atomic E-state index is -0.414. The summed E-state index contributed by atoms with van der Waals surface area (Å²) in [5.41, 5.74) is 10.7. The summed E-state index contributed by atoms with van der Waals surface area (Å²) in [5.74, 6) is -0.414. The molecule has 1 aromatic heterocycles. The normalized spacial score (nSPS) is 11.1. The molecule has 0 saturated heterocycles. The van der Waals surface area contributed by atoms with Crippen molar-refractivity contribution in [3.63, 3.8) is 0 Å². The van der Waals surface area contributed by atoms with Crippen molar-refractivity contribution >= 4 is 16.7 Å². The first-order chi connectivity index (χ1) is 9.08. The molecule has 96 valence electrons. The average molecular weight is 255 g/mol. The van der Waals surface area contributed by atoms with Crippen molar-refractivity contribution < 1.29 is 4.39 Å². The Balaban J connectivity index is 2.31. The second kappa shape index (κ2) is 4.09. The number of aromatic nitrogens is 2. The number of nitrogens with zero attached hydrogens (tertiary/aromatic N) is 2. The Hall–Kier alpha value is -2.36. The van der Waals surface area contributed by atoms with Gasteiger partial charge in [0, 0.05) is 0 Å². The molecule has 3 nitrogen and oxygen atoms in total. The zero-order valence-electron chi connectivity index (χ0n) is 10.8. The van der Waals surface area contributed by atoms with Crippen LogP contribution in [-0.4, -0.2) is 9.55 Å². The number of imidazole rings is 1. The van der Waals surface area contributed by atoms with Gasteiger partial charge < -0.3 is 5.73 Å². The molecule has 3 rings (SSSR count). The molecule has 0 spiro atoms. The maximum Gasteiger partial charge on any atom is 0.148 e. The lowest BCUT2D eigenvalue weighted by atomic mass is 10.1. The molecule has 3 aromatic rings. The highest BCUT2D eigenvalue weighted by Gasteiger charge is 2.11. The third kappa shape index (κ3) is 1.76. The summed E-state index contributed by atoms with van der Waals surface area (Å²) in [6, 6.07) is 8.86. The quantitative estimate of drug-likeness (QED) is 0.677. The summed E-state index contributed by atoms with van der Waals surface area (Å²) in [4.78, 5) is 4.35. The van der Waals surface area contributed by atoms with Crippen molar-refractivity contribution in [1.29, 1.82) is 0 Å². The van der Waals surface area contributed by atoms with Crippen LogP contribution in [0.25, 0.3) is 16.7 Å². The van der Waals surface area contributed by atoms with E-state index in [0.717, 1.165) is 11.0 Å². The summed E-state index contributed by atoms with van der Waals surface area (Å²) in [5, 5.41) is 0. The van der Waals surface area contributed by atoms with Crippen molar-refractivity contribution in [1.82, 2.24) is 9.55 Å². The van der Waals surface area contributed by atoms with Crippen molar-refractivity contribution in [2.45, 2.75) is 13.8 Å². The van der Waals surface area contributed by atoms with Crippen LogP contribution in [0.4, 0.5) is 10.1 Å². The number of anilines is 1. The van der Waals surface area contributed by atoms with E-state index >= 15 is 0 Å². The highest BCUT2D eigenvalue weighted by molar-refractivity contribution is 5.80. The predicted octanol–water partition coefficient (Wildman–Crippen LogP) is 3.36. The van der Waals surface area contributed by atoms with E-state index in [9.17, 15) is 4.39 Å². The van der Waals surface area contributed by atoms with Crippen LogP contribution < -0.4 is 5.73 Å². The van der Waals surface area contributed by atoms with Gasteiger partial charge in [-0.2, -0.15) is 0 Å². The average Bonchev–Trinajstić information content (AvgIpc) is 2.76. The van der Waals surface area contributed by atoms with E-state index in [-0.39, 0.29) is 5.69 Å². The van der Waals surface area contributed by atoms with Gasteiger partial charge in [0.1, 0.15) is 12.1 Å². The van der Waals surface area contributed by atoms with Crippen LogP contribution in [0.2, 0.25) is 0 Å². The highest BCUT2D eigenvalue weighted by atomic mass is 19.1. The Morgan fingerprint density at radius 3 is 2.68 bits per heavy atom. The highest BCUT2D eigenvalue weighted by Crippen LogP contribution is 2.26. The first-order valence-corrected chi connectivity index (χ1v) is 6.06. The molecule has 0 amide bonds. The third-order valence-corrected chi connectivity index (χ3v) is 3.45. The molecule has 0 radical (unpaired) electrons. The van der Waals surface area contributed by atoms with E-state index in [2.05, 4.69) is 4.98 Å². The number of rotatable bonds is 1. The van der Waals surface area contributed by atoms with E-state index in [1.165, 1.54) is 17.2 Å². The smallest absolute Gasteiger partial charge is 0.148 e. The fourth-order valence-electron chi connectivity index (χ4n) is 2.19. The molecule has 0 atom stereocenters. The van der Waals surface area contributed by atoms with E-state index in [4.69, 9.17) is 5.73 Å². The summed E-state index contributed by atoms with van der Waals surface area (Å²) in [6.07, 6.45) is 1.68. The minimum Gasteiger partial charge on any atom is -0.395 e. The number of benzene rings is 2. The van der Waals surface area contributed by atoms with Gasteiger partial charge >= 0.3 is 0 Å². The molecule has 0 bridgehead atoms. The molecule has 19 heavy (non-hydrogen) atoms. The standard InChI is InChI=1S/C15H14FN3/c1-9-6-12-14(7-10(9)2)19(8-18-12)13-5-3-4-11(16)15(13)17/h3-8H,17H2,1-2H3. The van der Waals surface area contributed by atoms with Crippen LogP contribution in [0.3, 0.4) is 0 Å². The lowest BCUT2D eigenvalue weighted by Crippen LogP contribution is -2.01. The van der Waals surface area contributed by atoms with Gasteiger partial charge in [-0.25, -0.2) is 9.37 Å². The van der Waals surface area contributed by atoms with Gasteiger partial charge in [-0.3, -0.25) is 4.57 Å². The third-order valence-electron chi connectivity index (χ3n) is 3.45. The number of hydrogen-bond acceptors (Lipinski definition) is 2. The van der Waals surface area contributed by atoms with Gasteiger partial charge in [-0.15, -0.1) is 0 Å². The van der Waals surface area contributed by atoms with Crippen LogP contribution in [0, 0.1) is 19.7 Å². The van der Waals surface area contributed by atoms with Crippen LogP contribution in [-0.2, 0) is 0 Å². The SMILES string of the molecule is Cc1cc2ncn(-c3cccc(F)c3N)c2cc1C. The summed E-state index contributed by atoms with van der Waals surface area (Å²) in [7, 11) is 0. The number of fused-ring (bicyclic) bond motifs is 1. The second-order valence-electron chi connectivity index (χ2n) is 4.71. The van der Waals surface area contributed by atoms with Crippen molar-refractivity contribution in [3.05, 3.63) is 53.6 Å². The van der Waals surface area contributed by atoms with Crippen LogP contribution >= 0.6 is 0 Å². The lowest BCUT2D eigenvalue weighted by Gasteiger charge is -2.09. The van der Waals surface area contributed by atoms with Crippen LogP contribution in [0.1, 0.15) is 11.1 Å². The van der Waals surface area contributed by atoms with Gasteiger partial charge in [0.05, 0.1) is 22.4 Å². The molecule has 4 heteroatoms. The zero-order valence-corrected chi connectivity index (χ0v) is 10.8. The van der Waals surface area contributed by atoms with E-state index < -0.39 is 5.82 Å². The van der Waals surface area contributed by atoms with Crippen molar-refractivity contribution in [2.24, 2.45) is 0 Å². The molecule has 2 N–H and O–H groups in total. The summed E-state index contributed by atoms with van der Waals surface area (Å²) in [6.45, 7) is 4.09. The van der Waals surface area contributed by atoms with E-state index in [0.29, 0.717) is 5.69 Å². The van der Waals surface area contributed by atoms with Gasteiger partial charge in [0.2, 0.25) is 0 Å². The molecule has 0 aliphatic carbocycles. The number of hydrogen-bond donors (Lipinski definition) is 1. The Morgan fingerprint density at radius 1 is 1.16 bits per heavy atom. The molecule has 0 aliphatic heterocycles. The second-order valence-corrected chi connectivity index (χ2v) is 4.71. The summed E-state index contributed by atoms with van der Waals surface area (Å²) < 4.78 is 15.4. The molecular weight excluding hydrogens is 241 g/mol. The number of halogens is 1. The molecular formula is C15H14FN3. The number of nitrogen functional groups attached to an aromatic ring is 1. The molecule has 1 heterocycles. The summed E-state index contributed by atoms with van der Waals surface area (Å²) >= 11 is 0. The lowest BCUT2D eigenvalue weighted by molar-refractivity contribution is 0.631. The van der Waals surface area contributed by atoms with Gasteiger partial charge in [-0.1, -0.05) is 6.07 Å².